The van der Waals surface area contributed by atoms with Crippen molar-refractivity contribution >= 4 is 63.0 Å². The number of nitrogens with one attached hydrogen (secondary N) is 2. The van der Waals surface area contributed by atoms with Crippen LogP contribution in [0.5, 0.6) is 0 Å². The number of aromatic amines is 1. The van der Waals surface area contributed by atoms with E-state index in [2.05, 4.69) is 49.9 Å². The van der Waals surface area contributed by atoms with Gasteiger partial charge < -0.3 is 5.32 Å². The van der Waals surface area contributed by atoms with Crippen LogP contribution in [0, 0.1) is 4.77 Å². The summed E-state index contributed by atoms with van der Waals surface area (Å²) in [5.41, 5.74) is 2.09. The lowest BCUT2D eigenvalue weighted by Gasteiger charge is -2.06. The van der Waals surface area contributed by atoms with E-state index in [4.69, 9.17) is 23.8 Å². The SMILES string of the molecule is S=c1[nH]nc(Cc2cccc3ccccc23)n1/N=C/c1sc(Nc2ccccc2)nc1Cl. The third-order valence-corrected chi connectivity index (χ3v) is 6.44. The summed E-state index contributed by atoms with van der Waals surface area (Å²) in [6, 6.07) is 24.3. The average molecular weight is 477 g/mol. The topological polar surface area (TPSA) is 70.9 Å². The number of fused-ring (bicyclic) bond motifs is 1. The summed E-state index contributed by atoms with van der Waals surface area (Å²) >= 11 is 13.1. The zero-order valence-corrected chi connectivity index (χ0v) is 19.1. The third kappa shape index (κ3) is 4.34. The van der Waals surface area contributed by atoms with E-state index in [1.165, 1.54) is 22.1 Å². The molecule has 0 fully saturated rings. The number of hydrogen-bond donors (Lipinski definition) is 2. The van der Waals surface area contributed by atoms with Crippen LogP contribution in [0.3, 0.4) is 0 Å². The second-order valence-corrected chi connectivity index (χ2v) is 8.76. The van der Waals surface area contributed by atoms with Gasteiger partial charge in [0.2, 0.25) is 4.77 Å². The highest BCUT2D eigenvalue weighted by molar-refractivity contribution is 7.71. The Labute approximate surface area is 198 Å². The van der Waals surface area contributed by atoms with Crippen molar-refractivity contribution in [3.05, 3.63) is 99.0 Å². The number of benzene rings is 3. The molecule has 0 spiro atoms. The van der Waals surface area contributed by atoms with Crippen LogP contribution >= 0.6 is 35.2 Å². The van der Waals surface area contributed by atoms with Crippen molar-refractivity contribution in [3.63, 3.8) is 0 Å². The molecule has 0 saturated heterocycles. The molecule has 32 heavy (non-hydrogen) atoms. The molecule has 0 saturated carbocycles. The number of halogens is 1. The first-order valence-electron chi connectivity index (χ1n) is 9.83. The summed E-state index contributed by atoms with van der Waals surface area (Å²) < 4.78 is 2.04. The van der Waals surface area contributed by atoms with Gasteiger partial charge in [0.05, 0.1) is 11.1 Å². The molecule has 0 aliphatic carbocycles. The van der Waals surface area contributed by atoms with Crippen LogP contribution in [0.2, 0.25) is 5.15 Å². The molecule has 0 atom stereocenters. The van der Waals surface area contributed by atoms with Gasteiger partial charge in [0, 0.05) is 12.1 Å². The third-order valence-electron chi connectivity index (χ3n) is 4.87. The molecule has 3 aromatic carbocycles. The van der Waals surface area contributed by atoms with Gasteiger partial charge in [-0.05, 0) is 40.7 Å². The van der Waals surface area contributed by atoms with Gasteiger partial charge in [-0.2, -0.15) is 14.9 Å². The first kappa shape index (κ1) is 20.6. The van der Waals surface area contributed by atoms with Gasteiger partial charge in [-0.3, -0.25) is 5.10 Å². The Morgan fingerprint density at radius 2 is 1.84 bits per heavy atom. The minimum absolute atomic E-state index is 0.378. The predicted octanol–water partition coefficient (Wildman–Crippen LogP) is 6.42. The molecule has 2 heterocycles. The fraction of sp³-hybridized carbons (Fsp3) is 0.0435. The Kier molecular flexibility index (Phi) is 5.81. The van der Waals surface area contributed by atoms with Crippen LogP contribution < -0.4 is 5.32 Å². The zero-order chi connectivity index (χ0) is 21.9. The minimum atomic E-state index is 0.378. The molecule has 0 aliphatic heterocycles. The molecule has 6 nitrogen and oxygen atoms in total. The molecule has 5 aromatic rings. The van der Waals surface area contributed by atoms with Crippen LogP contribution in [0.4, 0.5) is 10.8 Å². The highest BCUT2D eigenvalue weighted by Crippen LogP contribution is 2.28. The van der Waals surface area contributed by atoms with Crippen molar-refractivity contribution in [2.75, 3.05) is 5.32 Å². The molecule has 2 aromatic heterocycles. The lowest BCUT2D eigenvalue weighted by molar-refractivity contribution is 0.793. The van der Waals surface area contributed by atoms with Gasteiger partial charge in [-0.15, -0.1) is 0 Å². The number of thiazole rings is 1. The van der Waals surface area contributed by atoms with Crippen molar-refractivity contribution in [1.29, 1.82) is 0 Å². The molecule has 0 amide bonds. The van der Waals surface area contributed by atoms with Gasteiger partial charge >= 0.3 is 0 Å². The van der Waals surface area contributed by atoms with Crippen LogP contribution in [0.15, 0.2) is 77.9 Å². The number of H-pyrrole nitrogens is 1. The molecule has 0 bridgehead atoms. The molecule has 0 radical (unpaired) electrons. The Morgan fingerprint density at radius 1 is 1.06 bits per heavy atom. The number of rotatable bonds is 6. The first-order valence-corrected chi connectivity index (χ1v) is 11.4. The van der Waals surface area contributed by atoms with E-state index in [0.29, 0.717) is 27.3 Å². The lowest BCUT2D eigenvalue weighted by Crippen LogP contribution is -2.01. The van der Waals surface area contributed by atoms with Crippen molar-refractivity contribution in [2.24, 2.45) is 5.10 Å². The fourth-order valence-electron chi connectivity index (χ4n) is 3.38. The highest BCUT2D eigenvalue weighted by Gasteiger charge is 2.11. The van der Waals surface area contributed by atoms with Crippen LogP contribution in [0.25, 0.3) is 10.8 Å². The molecule has 5 rings (SSSR count). The fourth-order valence-corrected chi connectivity index (χ4v) is 4.62. The van der Waals surface area contributed by atoms with E-state index in [1.807, 2.05) is 48.5 Å². The summed E-state index contributed by atoms with van der Waals surface area (Å²) in [4.78, 5) is 5.10. The molecule has 0 unspecified atom stereocenters. The number of para-hydroxylation sites is 1. The summed E-state index contributed by atoms with van der Waals surface area (Å²) in [6.07, 6.45) is 2.25. The van der Waals surface area contributed by atoms with Crippen molar-refractivity contribution in [3.8, 4) is 0 Å². The Morgan fingerprint density at radius 3 is 2.72 bits per heavy atom. The normalized spacial score (nSPS) is 11.4. The van der Waals surface area contributed by atoms with Crippen LogP contribution in [0.1, 0.15) is 16.3 Å². The molecule has 158 valence electrons. The number of nitrogens with zero attached hydrogens (tertiary/aromatic N) is 4. The first-order chi connectivity index (χ1) is 15.7. The maximum atomic E-state index is 6.34. The van der Waals surface area contributed by atoms with Crippen molar-refractivity contribution in [2.45, 2.75) is 6.42 Å². The van der Waals surface area contributed by atoms with E-state index in [9.17, 15) is 0 Å². The maximum absolute atomic E-state index is 6.34. The molecule has 9 heteroatoms. The standard InChI is InChI=1S/C23H17ClN6S2/c24-21-19(32-22(27-21)26-17-10-2-1-3-11-17)14-25-30-20(28-29-23(30)31)13-16-9-6-8-15-7-4-5-12-18(15)16/h1-12,14H,13H2,(H,26,27)(H,29,31)/b25-14+. The van der Waals surface area contributed by atoms with E-state index < -0.39 is 0 Å². The monoisotopic (exact) mass is 476 g/mol. The molecule has 2 N–H and O–H groups in total. The summed E-state index contributed by atoms with van der Waals surface area (Å²) in [7, 11) is 0. The van der Waals surface area contributed by atoms with Crippen molar-refractivity contribution < 1.29 is 0 Å². The highest BCUT2D eigenvalue weighted by atomic mass is 35.5. The Balaban J connectivity index is 1.41. The summed E-state index contributed by atoms with van der Waals surface area (Å²) in [5.74, 6) is 0.714. The maximum Gasteiger partial charge on any atom is 0.216 e. The van der Waals surface area contributed by atoms with Gasteiger partial charge in [-0.25, -0.2) is 4.98 Å². The second-order valence-electron chi connectivity index (χ2n) is 6.98. The zero-order valence-electron chi connectivity index (χ0n) is 16.7. The molecule has 0 aliphatic rings. The van der Waals surface area contributed by atoms with Gasteiger partial charge in [0.1, 0.15) is 0 Å². The van der Waals surface area contributed by atoms with E-state index >= 15 is 0 Å². The quantitative estimate of drug-likeness (QED) is 0.219. The van der Waals surface area contributed by atoms with Crippen LogP contribution in [-0.2, 0) is 6.42 Å². The predicted molar refractivity (Wildman–Crippen MR) is 134 cm³/mol. The lowest BCUT2D eigenvalue weighted by atomic mass is 10.0. The molecular formula is C23H17ClN6S2. The van der Waals surface area contributed by atoms with E-state index in [0.717, 1.165) is 16.1 Å². The van der Waals surface area contributed by atoms with Gasteiger partial charge in [0.15, 0.2) is 16.1 Å². The van der Waals surface area contributed by atoms with Gasteiger partial charge in [-0.1, -0.05) is 83.6 Å². The van der Waals surface area contributed by atoms with E-state index in [1.54, 1.807) is 10.9 Å². The molecular weight excluding hydrogens is 460 g/mol. The summed E-state index contributed by atoms with van der Waals surface area (Å²) in [5, 5.41) is 18.5. The smallest absolute Gasteiger partial charge is 0.216 e. The number of hydrogen-bond acceptors (Lipinski definition) is 6. The largest absolute Gasteiger partial charge is 0.331 e. The second kappa shape index (κ2) is 9.04. The van der Waals surface area contributed by atoms with Gasteiger partial charge in [0.25, 0.3) is 0 Å². The van der Waals surface area contributed by atoms with Crippen molar-refractivity contribution in [1.82, 2.24) is 19.9 Å². The van der Waals surface area contributed by atoms with E-state index in [-0.39, 0.29) is 0 Å². The number of anilines is 2. The summed E-state index contributed by atoms with van der Waals surface area (Å²) in [6.45, 7) is 0. The Hall–Kier alpha value is -3.33. The number of aromatic nitrogens is 4. The van der Waals surface area contributed by atoms with Crippen LogP contribution in [-0.4, -0.2) is 26.1 Å². The Bertz CT molecular complexity index is 1460. The average Bonchev–Trinajstić information content (AvgIpc) is 3.34. The minimum Gasteiger partial charge on any atom is -0.331 e.